The topological polar surface area (TPSA) is 33.0 Å². The van der Waals surface area contributed by atoms with Gasteiger partial charge in [-0.2, -0.15) is 5.26 Å². The highest BCUT2D eigenvalue weighted by molar-refractivity contribution is 5.29. The highest BCUT2D eigenvalue weighted by Crippen LogP contribution is 2.24. The molecule has 1 heterocycles. The number of nitriles is 1. The Morgan fingerprint density at radius 2 is 2.31 bits per heavy atom. The maximum absolute atomic E-state index is 8.55. The highest BCUT2D eigenvalue weighted by Gasteiger charge is 2.20. The summed E-state index contributed by atoms with van der Waals surface area (Å²) in [5.74, 6) is 0.554. The standard InChI is InChI=1S/C11H11NO/c12-5-4-9-2-1-3-10(6-9)11-7-13-8-11/h1-3,6,11H,4,7-8H2. The zero-order valence-corrected chi connectivity index (χ0v) is 7.36. The predicted molar refractivity (Wildman–Crippen MR) is 49.3 cm³/mol. The highest BCUT2D eigenvalue weighted by atomic mass is 16.5. The van der Waals surface area contributed by atoms with E-state index < -0.39 is 0 Å². The van der Waals surface area contributed by atoms with Crippen molar-refractivity contribution in [3.05, 3.63) is 35.4 Å². The van der Waals surface area contributed by atoms with Gasteiger partial charge in [0.25, 0.3) is 0 Å². The second-order valence-corrected chi connectivity index (χ2v) is 3.31. The number of ether oxygens (including phenoxy) is 1. The molecule has 1 aromatic rings. The van der Waals surface area contributed by atoms with Gasteiger partial charge in [0.05, 0.1) is 25.7 Å². The van der Waals surface area contributed by atoms with Gasteiger partial charge in [-0.3, -0.25) is 0 Å². The second-order valence-electron chi connectivity index (χ2n) is 3.31. The van der Waals surface area contributed by atoms with Crippen LogP contribution in [0.4, 0.5) is 0 Å². The Balaban J connectivity index is 2.17. The van der Waals surface area contributed by atoms with Crippen LogP contribution in [0, 0.1) is 11.3 Å². The first kappa shape index (κ1) is 8.28. The molecule has 0 aliphatic carbocycles. The van der Waals surface area contributed by atoms with Crippen LogP contribution in [0.25, 0.3) is 0 Å². The van der Waals surface area contributed by atoms with Crippen molar-refractivity contribution in [1.82, 2.24) is 0 Å². The number of nitrogens with zero attached hydrogens (tertiary/aromatic N) is 1. The molecule has 2 heteroatoms. The molecule has 0 atom stereocenters. The molecule has 2 nitrogen and oxygen atoms in total. The van der Waals surface area contributed by atoms with Gasteiger partial charge in [-0.05, 0) is 11.1 Å². The summed E-state index contributed by atoms with van der Waals surface area (Å²) >= 11 is 0. The second kappa shape index (κ2) is 3.59. The normalized spacial score (nSPS) is 16.2. The molecule has 13 heavy (non-hydrogen) atoms. The lowest BCUT2D eigenvalue weighted by atomic mass is 9.95. The zero-order valence-electron chi connectivity index (χ0n) is 7.36. The predicted octanol–water partition coefficient (Wildman–Crippen LogP) is 1.87. The van der Waals surface area contributed by atoms with E-state index in [0.717, 1.165) is 18.8 Å². The first-order valence-corrected chi connectivity index (χ1v) is 4.43. The van der Waals surface area contributed by atoms with Crippen LogP contribution in [0.3, 0.4) is 0 Å². The molecule has 0 spiro atoms. The summed E-state index contributed by atoms with van der Waals surface area (Å²) < 4.78 is 5.12. The fourth-order valence-electron chi connectivity index (χ4n) is 1.48. The first-order valence-electron chi connectivity index (χ1n) is 4.43. The number of benzene rings is 1. The van der Waals surface area contributed by atoms with Crippen molar-refractivity contribution < 1.29 is 4.74 Å². The van der Waals surface area contributed by atoms with E-state index in [0.29, 0.717) is 12.3 Å². The molecule has 1 saturated heterocycles. The van der Waals surface area contributed by atoms with Crippen LogP contribution in [0.5, 0.6) is 0 Å². The molecule has 0 unspecified atom stereocenters. The maximum atomic E-state index is 8.55. The van der Waals surface area contributed by atoms with E-state index in [-0.39, 0.29) is 0 Å². The molecule has 0 N–H and O–H groups in total. The Kier molecular flexibility index (Phi) is 2.29. The van der Waals surface area contributed by atoms with Crippen LogP contribution in [0.15, 0.2) is 24.3 Å². The van der Waals surface area contributed by atoms with Gasteiger partial charge in [-0.1, -0.05) is 24.3 Å². The fraction of sp³-hybridized carbons (Fsp3) is 0.364. The number of rotatable bonds is 2. The molecule has 66 valence electrons. The van der Waals surface area contributed by atoms with Crippen molar-refractivity contribution in [1.29, 1.82) is 5.26 Å². The summed E-state index contributed by atoms with van der Waals surface area (Å²) in [6.07, 6.45) is 0.501. The molecule has 1 aliphatic heterocycles. The van der Waals surface area contributed by atoms with Gasteiger partial charge in [0.2, 0.25) is 0 Å². The summed E-state index contributed by atoms with van der Waals surface area (Å²) in [6.45, 7) is 1.66. The smallest absolute Gasteiger partial charge is 0.0669 e. The van der Waals surface area contributed by atoms with Crippen LogP contribution >= 0.6 is 0 Å². The minimum Gasteiger partial charge on any atom is -0.380 e. The van der Waals surface area contributed by atoms with Gasteiger partial charge in [-0.25, -0.2) is 0 Å². The van der Waals surface area contributed by atoms with E-state index >= 15 is 0 Å². The lowest BCUT2D eigenvalue weighted by Crippen LogP contribution is -2.25. The fourth-order valence-corrected chi connectivity index (χ4v) is 1.48. The molecular weight excluding hydrogens is 162 g/mol. The monoisotopic (exact) mass is 173 g/mol. The molecule has 2 rings (SSSR count). The van der Waals surface area contributed by atoms with E-state index in [1.54, 1.807) is 0 Å². The van der Waals surface area contributed by atoms with E-state index in [1.807, 2.05) is 12.1 Å². The van der Waals surface area contributed by atoms with Crippen LogP contribution in [0.1, 0.15) is 17.0 Å². The molecule has 0 saturated carbocycles. The minimum absolute atomic E-state index is 0.501. The third-order valence-corrected chi connectivity index (χ3v) is 2.34. The molecule has 0 bridgehead atoms. The van der Waals surface area contributed by atoms with Crippen molar-refractivity contribution >= 4 is 0 Å². The Hall–Kier alpha value is -1.33. The lowest BCUT2D eigenvalue weighted by molar-refractivity contribution is 0.00840. The molecule has 0 amide bonds. The quantitative estimate of drug-likeness (QED) is 0.684. The van der Waals surface area contributed by atoms with Crippen molar-refractivity contribution in [2.24, 2.45) is 0 Å². The average molecular weight is 173 g/mol. The van der Waals surface area contributed by atoms with Crippen molar-refractivity contribution in [2.75, 3.05) is 13.2 Å². The summed E-state index contributed by atoms with van der Waals surface area (Å²) in [6, 6.07) is 10.4. The SMILES string of the molecule is N#CCc1cccc(C2COC2)c1. The van der Waals surface area contributed by atoms with Crippen molar-refractivity contribution in [2.45, 2.75) is 12.3 Å². The van der Waals surface area contributed by atoms with Crippen molar-refractivity contribution in [3.8, 4) is 6.07 Å². The number of hydrogen-bond acceptors (Lipinski definition) is 2. The van der Waals surface area contributed by atoms with Gasteiger partial charge in [-0.15, -0.1) is 0 Å². The number of hydrogen-bond donors (Lipinski definition) is 0. The van der Waals surface area contributed by atoms with E-state index in [1.165, 1.54) is 5.56 Å². The summed E-state index contributed by atoms with van der Waals surface area (Å²) in [5, 5.41) is 8.55. The first-order chi connectivity index (χ1) is 6.40. The van der Waals surface area contributed by atoms with Gasteiger partial charge in [0.1, 0.15) is 0 Å². The average Bonchev–Trinajstić information content (AvgIpc) is 2.02. The van der Waals surface area contributed by atoms with Crippen LogP contribution < -0.4 is 0 Å². The van der Waals surface area contributed by atoms with E-state index in [4.69, 9.17) is 10.00 Å². The molecule has 1 fully saturated rings. The maximum Gasteiger partial charge on any atom is 0.0669 e. The van der Waals surface area contributed by atoms with Gasteiger partial charge < -0.3 is 4.74 Å². The molecular formula is C11H11NO. The lowest BCUT2D eigenvalue weighted by Gasteiger charge is -2.26. The zero-order chi connectivity index (χ0) is 9.10. The van der Waals surface area contributed by atoms with Gasteiger partial charge in [0.15, 0.2) is 0 Å². The molecule has 1 aromatic carbocycles. The van der Waals surface area contributed by atoms with Crippen molar-refractivity contribution in [3.63, 3.8) is 0 Å². The van der Waals surface area contributed by atoms with Crippen LogP contribution in [-0.2, 0) is 11.2 Å². The van der Waals surface area contributed by atoms with E-state index in [2.05, 4.69) is 18.2 Å². The third-order valence-electron chi connectivity index (χ3n) is 2.34. The Labute approximate surface area is 77.8 Å². The van der Waals surface area contributed by atoms with Gasteiger partial charge in [0, 0.05) is 5.92 Å². The van der Waals surface area contributed by atoms with E-state index in [9.17, 15) is 0 Å². The summed E-state index contributed by atoms with van der Waals surface area (Å²) in [7, 11) is 0. The summed E-state index contributed by atoms with van der Waals surface area (Å²) in [4.78, 5) is 0. The Morgan fingerprint density at radius 1 is 1.46 bits per heavy atom. The Bertz CT molecular complexity index is 336. The van der Waals surface area contributed by atoms with Crippen LogP contribution in [0.2, 0.25) is 0 Å². The summed E-state index contributed by atoms with van der Waals surface area (Å²) in [5.41, 5.74) is 2.41. The van der Waals surface area contributed by atoms with Crippen LogP contribution in [-0.4, -0.2) is 13.2 Å². The molecule has 1 aliphatic rings. The third kappa shape index (κ3) is 1.71. The Morgan fingerprint density at radius 3 is 2.92 bits per heavy atom. The van der Waals surface area contributed by atoms with Gasteiger partial charge >= 0.3 is 0 Å². The minimum atomic E-state index is 0.501. The molecule has 0 radical (unpaired) electrons. The largest absolute Gasteiger partial charge is 0.380 e. The molecule has 0 aromatic heterocycles.